The third-order valence-corrected chi connectivity index (χ3v) is 12.7. The van der Waals surface area contributed by atoms with E-state index in [2.05, 4.69) is 50.3 Å². The van der Waals surface area contributed by atoms with E-state index in [1.54, 1.807) is 0 Å². The van der Waals surface area contributed by atoms with Crippen LogP contribution in [0.25, 0.3) is 0 Å². The Hall–Kier alpha value is -1.77. The summed E-state index contributed by atoms with van der Waals surface area (Å²) in [5, 5.41) is 0. The highest BCUT2D eigenvalue weighted by Gasteiger charge is 2.27. The number of esters is 2. The van der Waals surface area contributed by atoms with Crippen LogP contribution in [0.1, 0.15) is 245 Å². The van der Waals surface area contributed by atoms with E-state index in [4.69, 9.17) is 18.5 Å². The van der Waals surface area contributed by atoms with Crippen LogP contribution in [0.4, 0.5) is 0 Å². The normalized spacial score (nSPS) is 13.7. The molecule has 0 radical (unpaired) electrons. The average Bonchev–Trinajstić information content (AvgIpc) is 3.25. The van der Waals surface area contributed by atoms with E-state index in [-0.39, 0.29) is 25.6 Å². The zero-order valence-corrected chi connectivity index (χ0v) is 43.4. The fourth-order valence-corrected chi connectivity index (χ4v) is 8.24. The number of hydrogen-bond acceptors (Lipinski definition) is 7. The predicted molar refractivity (Wildman–Crippen MR) is 270 cm³/mol. The standard InChI is InChI=1S/C54H102NO8P/c1-6-8-10-12-14-16-18-19-20-21-22-23-24-25-26-27-28-29-30-31-32-33-34-35-37-39-41-43-45-47-54(57)63-52(51-62-64(58,59)61-49-48-55(3,4)5)50-60-53(56)46-44-42-40-38-36-17-15-13-11-9-7-2/h18-19,21-22,24-25,52H,6-17,20,23,26-51H2,1-5H3/p+1/b19-18-,22-21-,25-24-. The van der Waals surface area contributed by atoms with Crippen molar-refractivity contribution in [3.8, 4) is 0 Å². The van der Waals surface area contributed by atoms with E-state index in [1.165, 1.54) is 167 Å². The summed E-state index contributed by atoms with van der Waals surface area (Å²) in [5.41, 5.74) is 0. The Morgan fingerprint density at radius 2 is 0.844 bits per heavy atom. The molecule has 376 valence electrons. The number of rotatable bonds is 49. The lowest BCUT2D eigenvalue weighted by Crippen LogP contribution is -2.37. The van der Waals surface area contributed by atoms with Gasteiger partial charge in [0.2, 0.25) is 0 Å². The summed E-state index contributed by atoms with van der Waals surface area (Å²) in [5.74, 6) is -0.791. The van der Waals surface area contributed by atoms with E-state index >= 15 is 0 Å². The Morgan fingerprint density at radius 3 is 1.25 bits per heavy atom. The molecule has 0 aromatic carbocycles. The molecular formula is C54H103NO8P+. The summed E-state index contributed by atoms with van der Waals surface area (Å²) in [6, 6.07) is 0. The Labute approximate surface area is 395 Å². The summed E-state index contributed by atoms with van der Waals surface area (Å²) in [6.07, 6.45) is 55.0. The number of nitrogens with zero attached hydrogens (tertiary/aromatic N) is 1. The Balaban J connectivity index is 4.08. The van der Waals surface area contributed by atoms with Gasteiger partial charge in [0.25, 0.3) is 0 Å². The number of carbonyl (C=O) groups is 2. The van der Waals surface area contributed by atoms with Crippen molar-refractivity contribution in [1.29, 1.82) is 0 Å². The first-order valence-corrected chi connectivity index (χ1v) is 28.2. The maximum absolute atomic E-state index is 12.8. The van der Waals surface area contributed by atoms with Crippen molar-refractivity contribution in [1.82, 2.24) is 0 Å². The van der Waals surface area contributed by atoms with Crippen LogP contribution in [-0.4, -0.2) is 74.9 Å². The van der Waals surface area contributed by atoms with Gasteiger partial charge in [-0.2, -0.15) is 0 Å². The highest BCUT2D eigenvalue weighted by molar-refractivity contribution is 7.47. The van der Waals surface area contributed by atoms with Gasteiger partial charge in [-0.05, 0) is 51.4 Å². The van der Waals surface area contributed by atoms with E-state index in [0.717, 1.165) is 44.9 Å². The molecule has 0 aromatic heterocycles. The van der Waals surface area contributed by atoms with Crippen LogP contribution in [0.3, 0.4) is 0 Å². The first-order chi connectivity index (χ1) is 31.0. The SMILES string of the molecule is CCCCCCC/C=C\C/C=C\C/C=C\CCCCCCCCCCCCCCCCC(=O)OC(COC(=O)CCCCCCCCCCCCC)COP(=O)(O)OCC[N+](C)(C)C. The number of phosphoric ester groups is 1. The van der Waals surface area contributed by atoms with Gasteiger partial charge in [-0.1, -0.05) is 217 Å². The molecule has 9 nitrogen and oxygen atoms in total. The van der Waals surface area contributed by atoms with Gasteiger partial charge in [0.15, 0.2) is 6.10 Å². The largest absolute Gasteiger partial charge is 0.472 e. The molecule has 10 heteroatoms. The van der Waals surface area contributed by atoms with E-state index in [9.17, 15) is 19.0 Å². The van der Waals surface area contributed by atoms with Crippen molar-refractivity contribution in [3.05, 3.63) is 36.5 Å². The molecule has 0 aliphatic rings. The molecule has 0 fully saturated rings. The van der Waals surface area contributed by atoms with Crippen molar-refractivity contribution in [2.24, 2.45) is 0 Å². The smallest absolute Gasteiger partial charge is 0.462 e. The minimum absolute atomic E-state index is 0.0333. The number of allylic oxidation sites excluding steroid dienone is 6. The van der Waals surface area contributed by atoms with Gasteiger partial charge >= 0.3 is 19.8 Å². The molecule has 2 atom stereocenters. The molecule has 2 unspecified atom stereocenters. The molecule has 0 saturated heterocycles. The topological polar surface area (TPSA) is 108 Å². The highest BCUT2D eigenvalue weighted by Crippen LogP contribution is 2.43. The third kappa shape index (κ3) is 49.7. The summed E-state index contributed by atoms with van der Waals surface area (Å²) >= 11 is 0. The summed E-state index contributed by atoms with van der Waals surface area (Å²) in [7, 11) is 1.48. The first-order valence-electron chi connectivity index (χ1n) is 26.7. The van der Waals surface area contributed by atoms with Crippen molar-refractivity contribution in [3.63, 3.8) is 0 Å². The summed E-state index contributed by atoms with van der Waals surface area (Å²) in [4.78, 5) is 35.5. The number of unbranched alkanes of at least 4 members (excludes halogenated alkanes) is 29. The molecule has 0 bridgehead atoms. The number of ether oxygens (including phenoxy) is 2. The zero-order valence-electron chi connectivity index (χ0n) is 42.5. The average molecular weight is 925 g/mol. The van der Waals surface area contributed by atoms with Gasteiger partial charge in [-0.15, -0.1) is 0 Å². The molecular weight excluding hydrogens is 822 g/mol. The molecule has 0 saturated carbocycles. The van der Waals surface area contributed by atoms with Crippen LogP contribution in [-0.2, 0) is 32.7 Å². The van der Waals surface area contributed by atoms with Gasteiger partial charge < -0.3 is 18.9 Å². The Kier molecular flexibility index (Phi) is 45.1. The Bertz CT molecular complexity index is 1180. The second-order valence-electron chi connectivity index (χ2n) is 19.3. The first kappa shape index (κ1) is 62.2. The predicted octanol–water partition coefficient (Wildman–Crippen LogP) is 16.0. The quantitative estimate of drug-likeness (QED) is 0.0211. The molecule has 0 amide bonds. The fraction of sp³-hybridized carbons (Fsp3) is 0.852. The molecule has 0 rings (SSSR count). The minimum Gasteiger partial charge on any atom is -0.462 e. The number of quaternary nitrogens is 1. The van der Waals surface area contributed by atoms with E-state index < -0.39 is 26.5 Å². The minimum atomic E-state index is -4.37. The van der Waals surface area contributed by atoms with E-state index in [1.807, 2.05) is 21.1 Å². The van der Waals surface area contributed by atoms with Gasteiger partial charge in [-0.3, -0.25) is 18.6 Å². The highest BCUT2D eigenvalue weighted by atomic mass is 31.2. The maximum Gasteiger partial charge on any atom is 0.472 e. The van der Waals surface area contributed by atoms with Crippen LogP contribution >= 0.6 is 7.82 Å². The van der Waals surface area contributed by atoms with Crippen molar-refractivity contribution < 1.29 is 42.1 Å². The lowest BCUT2D eigenvalue weighted by molar-refractivity contribution is -0.870. The second-order valence-corrected chi connectivity index (χ2v) is 20.7. The summed E-state index contributed by atoms with van der Waals surface area (Å²) in [6.45, 7) is 4.43. The van der Waals surface area contributed by atoms with Crippen molar-refractivity contribution in [2.45, 2.75) is 251 Å². The molecule has 0 aliphatic carbocycles. The van der Waals surface area contributed by atoms with Gasteiger partial charge in [-0.25, -0.2) is 4.57 Å². The van der Waals surface area contributed by atoms with Crippen LogP contribution in [0, 0.1) is 0 Å². The fourth-order valence-electron chi connectivity index (χ4n) is 7.49. The molecule has 1 N–H and O–H groups in total. The monoisotopic (exact) mass is 925 g/mol. The lowest BCUT2D eigenvalue weighted by Gasteiger charge is -2.24. The van der Waals surface area contributed by atoms with Crippen LogP contribution < -0.4 is 0 Å². The molecule has 0 aliphatic heterocycles. The third-order valence-electron chi connectivity index (χ3n) is 11.7. The van der Waals surface area contributed by atoms with Crippen molar-refractivity contribution in [2.75, 3.05) is 47.5 Å². The van der Waals surface area contributed by atoms with Gasteiger partial charge in [0.05, 0.1) is 27.7 Å². The molecule has 0 spiro atoms. The number of hydrogen-bond donors (Lipinski definition) is 1. The number of phosphoric acid groups is 1. The van der Waals surface area contributed by atoms with Crippen LogP contribution in [0.2, 0.25) is 0 Å². The number of carbonyl (C=O) groups excluding carboxylic acids is 2. The maximum atomic E-state index is 12.8. The van der Waals surface area contributed by atoms with Crippen LogP contribution in [0.15, 0.2) is 36.5 Å². The second kappa shape index (κ2) is 46.3. The van der Waals surface area contributed by atoms with Gasteiger partial charge in [0, 0.05) is 12.8 Å². The molecule has 0 heterocycles. The van der Waals surface area contributed by atoms with Gasteiger partial charge in [0.1, 0.15) is 19.8 Å². The Morgan fingerprint density at radius 1 is 0.484 bits per heavy atom. The molecule has 64 heavy (non-hydrogen) atoms. The van der Waals surface area contributed by atoms with Crippen LogP contribution in [0.5, 0.6) is 0 Å². The summed E-state index contributed by atoms with van der Waals surface area (Å²) < 4.78 is 34.4. The number of likely N-dealkylation sites (N-methyl/N-ethyl adjacent to an activating group) is 1. The van der Waals surface area contributed by atoms with Crippen molar-refractivity contribution >= 4 is 19.8 Å². The molecule has 0 aromatic rings. The lowest BCUT2D eigenvalue weighted by atomic mass is 10.0. The zero-order chi connectivity index (χ0) is 47.1. The van der Waals surface area contributed by atoms with E-state index in [0.29, 0.717) is 23.9 Å².